The zero-order valence-corrected chi connectivity index (χ0v) is 13.7. The van der Waals surface area contributed by atoms with Crippen LogP contribution in [0.25, 0.3) is 0 Å². The summed E-state index contributed by atoms with van der Waals surface area (Å²) in [6, 6.07) is 7.54. The number of hydrogen-bond donors (Lipinski definition) is 1. The van der Waals surface area contributed by atoms with Gasteiger partial charge in [0.05, 0.1) is 11.6 Å². The van der Waals surface area contributed by atoms with Crippen molar-refractivity contribution in [2.75, 3.05) is 24.6 Å². The smallest absolute Gasteiger partial charge is 0.307 e. The molecule has 1 saturated carbocycles. The molecule has 1 N–H and O–H groups in total. The number of amides is 1. The highest BCUT2D eigenvalue weighted by molar-refractivity contribution is 5.95. The molecule has 0 bridgehead atoms. The molecule has 6 heteroatoms. The van der Waals surface area contributed by atoms with Crippen LogP contribution >= 0.6 is 0 Å². The van der Waals surface area contributed by atoms with Crippen LogP contribution in [0.3, 0.4) is 0 Å². The Kier molecular flexibility index (Phi) is 3.55. The predicted octanol–water partition coefficient (Wildman–Crippen LogP) is 2.07. The van der Waals surface area contributed by atoms with Crippen LogP contribution in [-0.2, 0) is 4.79 Å². The zero-order chi connectivity index (χ0) is 16.8. The molecule has 1 aromatic rings. The van der Waals surface area contributed by atoms with Crippen molar-refractivity contribution in [3.05, 3.63) is 29.8 Å². The summed E-state index contributed by atoms with van der Waals surface area (Å²) < 4.78 is 0. The summed E-state index contributed by atoms with van der Waals surface area (Å²) in [7, 11) is 0. The van der Waals surface area contributed by atoms with Gasteiger partial charge in [-0.25, -0.2) is 0 Å². The number of fused-ring (bicyclic) bond motifs is 1. The summed E-state index contributed by atoms with van der Waals surface area (Å²) in [5.74, 6) is -0.560. The molecular formula is C18H21N3O3. The summed E-state index contributed by atoms with van der Waals surface area (Å²) >= 11 is 0. The number of benzene rings is 1. The molecular weight excluding hydrogens is 306 g/mol. The molecule has 1 amide bonds. The van der Waals surface area contributed by atoms with Crippen molar-refractivity contribution in [3.63, 3.8) is 0 Å². The van der Waals surface area contributed by atoms with Gasteiger partial charge >= 0.3 is 5.97 Å². The van der Waals surface area contributed by atoms with E-state index in [-0.39, 0.29) is 23.7 Å². The van der Waals surface area contributed by atoms with Crippen LogP contribution in [0.4, 0.5) is 5.69 Å². The van der Waals surface area contributed by atoms with Gasteiger partial charge in [-0.2, -0.15) is 5.10 Å². The molecule has 3 aliphatic rings. The van der Waals surface area contributed by atoms with E-state index in [1.165, 1.54) is 0 Å². The Morgan fingerprint density at radius 2 is 1.92 bits per heavy atom. The summed E-state index contributed by atoms with van der Waals surface area (Å²) in [5.41, 5.74) is 2.77. The molecule has 126 valence electrons. The minimum absolute atomic E-state index is 0.00265. The van der Waals surface area contributed by atoms with Gasteiger partial charge in [-0.05, 0) is 49.4 Å². The van der Waals surface area contributed by atoms with Gasteiger partial charge < -0.3 is 10.0 Å². The first-order valence-electron chi connectivity index (χ1n) is 8.48. The van der Waals surface area contributed by atoms with E-state index in [1.54, 1.807) is 4.90 Å². The van der Waals surface area contributed by atoms with E-state index in [0.717, 1.165) is 30.8 Å². The lowest BCUT2D eigenvalue weighted by Gasteiger charge is -2.26. The van der Waals surface area contributed by atoms with Crippen molar-refractivity contribution >= 4 is 23.3 Å². The number of aliphatic carboxylic acids is 1. The summed E-state index contributed by atoms with van der Waals surface area (Å²) in [6.07, 6.45) is 1.77. The first-order valence-corrected chi connectivity index (χ1v) is 8.48. The molecule has 3 atom stereocenters. The molecule has 2 fully saturated rings. The van der Waals surface area contributed by atoms with E-state index < -0.39 is 5.97 Å². The van der Waals surface area contributed by atoms with Crippen molar-refractivity contribution in [2.24, 2.45) is 22.9 Å². The zero-order valence-electron chi connectivity index (χ0n) is 13.7. The lowest BCUT2D eigenvalue weighted by atomic mass is 10.1. The second-order valence-corrected chi connectivity index (χ2v) is 6.99. The van der Waals surface area contributed by atoms with Crippen molar-refractivity contribution in [1.82, 2.24) is 4.90 Å². The van der Waals surface area contributed by atoms with Gasteiger partial charge in [-0.3, -0.25) is 14.6 Å². The number of hydrogen-bond acceptors (Lipinski definition) is 4. The van der Waals surface area contributed by atoms with Gasteiger partial charge in [0.1, 0.15) is 0 Å². The number of piperidine rings is 1. The minimum Gasteiger partial charge on any atom is -0.481 e. The van der Waals surface area contributed by atoms with Gasteiger partial charge in [-0.1, -0.05) is 0 Å². The highest BCUT2D eigenvalue weighted by Crippen LogP contribution is 2.51. The number of carbonyl (C=O) groups excluding carboxylic acids is 1. The van der Waals surface area contributed by atoms with Crippen molar-refractivity contribution in [2.45, 2.75) is 19.8 Å². The molecule has 4 rings (SSSR count). The van der Waals surface area contributed by atoms with E-state index in [0.29, 0.717) is 18.7 Å². The van der Waals surface area contributed by atoms with Crippen molar-refractivity contribution in [3.8, 4) is 0 Å². The number of carboxylic acids is 1. The summed E-state index contributed by atoms with van der Waals surface area (Å²) in [6.45, 7) is 4.12. The maximum atomic E-state index is 12.7. The van der Waals surface area contributed by atoms with E-state index in [4.69, 9.17) is 5.11 Å². The van der Waals surface area contributed by atoms with Crippen LogP contribution in [0.1, 0.15) is 30.1 Å². The van der Waals surface area contributed by atoms with Crippen LogP contribution < -0.4 is 5.01 Å². The maximum Gasteiger partial charge on any atom is 0.307 e. The number of nitrogens with zero attached hydrogens (tertiary/aromatic N) is 3. The fourth-order valence-electron chi connectivity index (χ4n) is 4.01. The lowest BCUT2D eigenvalue weighted by Crippen LogP contribution is -2.37. The molecule has 0 spiro atoms. The Balaban J connectivity index is 1.43. The van der Waals surface area contributed by atoms with Gasteiger partial charge in [0.2, 0.25) is 0 Å². The molecule has 6 nitrogen and oxygen atoms in total. The third-order valence-electron chi connectivity index (χ3n) is 5.46. The number of hydrazone groups is 1. The maximum absolute atomic E-state index is 12.7. The number of rotatable bonds is 3. The lowest BCUT2D eigenvalue weighted by molar-refractivity contribution is -0.139. The van der Waals surface area contributed by atoms with E-state index >= 15 is 0 Å². The molecule has 0 aromatic heterocycles. The quantitative estimate of drug-likeness (QED) is 0.922. The highest BCUT2D eigenvalue weighted by atomic mass is 16.4. The number of likely N-dealkylation sites (tertiary alicyclic amines) is 1. The average Bonchev–Trinajstić information content (AvgIpc) is 3.16. The predicted molar refractivity (Wildman–Crippen MR) is 90.1 cm³/mol. The second kappa shape index (κ2) is 5.61. The number of carbonyl (C=O) groups is 2. The Morgan fingerprint density at radius 1 is 1.17 bits per heavy atom. The summed E-state index contributed by atoms with van der Waals surface area (Å²) in [4.78, 5) is 25.6. The third-order valence-corrected chi connectivity index (χ3v) is 5.46. The first-order chi connectivity index (χ1) is 11.5. The minimum atomic E-state index is -0.717. The van der Waals surface area contributed by atoms with Crippen LogP contribution in [0, 0.1) is 17.8 Å². The molecule has 1 aliphatic carbocycles. The molecule has 2 aliphatic heterocycles. The van der Waals surface area contributed by atoms with Crippen molar-refractivity contribution < 1.29 is 14.7 Å². The molecule has 0 unspecified atom stereocenters. The molecule has 24 heavy (non-hydrogen) atoms. The Morgan fingerprint density at radius 3 is 2.54 bits per heavy atom. The monoisotopic (exact) mass is 327 g/mol. The first kappa shape index (κ1) is 15.2. The molecule has 1 saturated heterocycles. The number of anilines is 1. The standard InChI is InChI=1S/C18H21N3O3/c1-11-6-9-21(19-11)13-4-2-12(3-5-13)17(22)20-8-7-14-15(10-20)16(14)18(23)24/h2-5,14-16H,6-10H2,1H3,(H,23,24)/t14-,15+,16-/m0/s1. The van der Waals surface area contributed by atoms with Crippen LogP contribution in [0.2, 0.25) is 0 Å². The average molecular weight is 327 g/mol. The van der Waals surface area contributed by atoms with Crippen LogP contribution in [-0.4, -0.2) is 47.2 Å². The van der Waals surface area contributed by atoms with E-state index in [2.05, 4.69) is 5.10 Å². The highest BCUT2D eigenvalue weighted by Gasteiger charge is 2.57. The van der Waals surface area contributed by atoms with Gasteiger partial charge in [-0.15, -0.1) is 0 Å². The summed E-state index contributed by atoms with van der Waals surface area (Å²) in [5, 5.41) is 15.6. The fourth-order valence-corrected chi connectivity index (χ4v) is 4.01. The topological polar surface area (TPSA) is 73.2 Å². The van der Waals surface area contributed by atoms with Gasteiger partial charge in [0.15, 0.2) is 0 Å². The van der Waals surface area contributed by atoms with E-state index in [9.17, 15) is 9.59 Å². The Bertz CT molecular complexity index is 713. The van der Waals surface area contributed by atoms with E-state index in [1.807, 2.05) is 36.2 Å². The SMILES string of the molecule is CC1=NN(c2ccc(C(=O)N3CC[C@H]4[C@@H](C3)[C@H]4C(=O)O)cc2)CC1. The number of carboxylic acid groups (broad SMARTS) is 1. The molecule has 2 heterocycles. The largest absolute Gasteiger partial charge is 0.481 e. The van der Waals surface area contributed by atoms with Gasteiger partial charge in [0, 0.05) is 37.3 Å². The molecule has 1 aromatic carbocycles. The molecule has 0 radical (unpaired) electrons. The van der Waals surface area contributed by atoms with Crippen LogP contribution in [0.5, 0.6) is 0 Å². The second-order valence-electron chi connectivity index (χ2n) is 6.99. The fraction of sp³-hybridized carbons (Fsp3) is 0.500. The third kappa shape index (κ3) is 2.56. The van der Waals surface area contributed by atoms with Gasteiger partial charge in [0.25, 0.3) is 5.91 Å². The Hall–Kier alpha value is -2.37. The van der Waals surface area contributed by atoms with Crippen LogP contribution in [0.15, 0.2) is 29.4 Å². The Labute approximate surface area is 140 Å². The van der Waals surface area contributed by atoms with Crippen molar-refractivity contribution in [1.29, 1.82) is 0 Å². The normalized spacial score (nSPS) is 28.4.